The zero-order chi connectivity index (χ0) is 12.1. The summed E-state index contributed by atoms with van der Waals surface area (Å²) in [6.07, 6.45) is 4.32. The lowest BCUT2D eigenvalue weighted by Crippen LogP contribution is -2.10. The van der Waals surface area contributed by atoms with Crippen LogP contribution < -0.4 is 5.43 Å². The van der Waals surface area contributed by atoms with E-state index in [1.807, 2.05) is 6.07 Å². The van der Waals surface area contributed by atoms with Crippen molar-refractivity contribution in [3.8, 4) is 0 Å². The maximum absolute atomic E-state index is 12.4. The molecule has 2 heterocycles. The molecule has 90 valence electrons. The van der Waals surface area contributed by atoms with Crippen molar-refractivity contribution in [1.29, 1.82) is 0 Å². The van der Waals surface area contributed by atoms with Gasteiger partial charge in [0.2, 0.25) is 5.43 Å². The lowest BCUT2D eigenvalue weighted by molar-refractivity contribution is 0.637. The minimum absolute atomic E-state index is 0.0463. The van der Waals surface area contributed by atoms with Crippen molar-refractivity contribution < 1.29 is 4.42 Å². The van der Waals surface area contributed by atoms with E-state index in [1.54, 1.807) is 0 Å². The minimum Gasteiger partial charge on any atom is -0.435 e. The number of aryl methyl sites for hydroxylation is 2. The van der Waals surface area contributed by atoms with Gasteiger partial charge in [0.1, 0.15) is 5.58 Å². The molecule has 0 bridgehead atoms. The van der Waals surface area contributed by atoms with Gasteiger partial charge in [0.15, 0.2) is 5.52 Å². The summed E-state index contributed by atoms with van der Waals surface area (Å²) in [5.41, 5.74) is 3.62. The Kier molecular flexibility index (Phi) is 1.86. The average molecular weight is 241 g/mol. The van der Waals surface area contributed by atoms with E-state index >= 15 is 0 Å². The van der Waals surface area contributed by atoms with E-state index in [-0.39, 0.29) is 11.1 Å². The number of nitrogens with zero attached hydrogens (tertiary/aromatic N) is 2. The largest absolute Gasteiger partial charge is 0.435 e. The van der Waals surface area contributed by atoms with E-state index in [0.29, 0.717) is 16.5 Å². The molecule has 1 N–H and O–H groups in total. The van der Waals surface area contributed by atoms with E-state index in [2.05, 4.69) is 21.5 Å². The second kappa shape index (κ2) is 3.41. The van der Waals surface area contributed by atoms with Crippen LogP contribution in [-0.4, -0.2) is 15.4 Å². The van der Waals surface area contributed by atoms with Crippen LogP contribution in [0.4, 0.5) is 0 Å². The Labute approximate surface area is 102 Å². The maximum atomic E-state index is 12.4. The third-order valence-electron chi connectivity index (χ3n) is 3.67. The molecule has 0 spiro atoms. The number of rotatable bonds is 0. The lowest BCUT2D eigenvalue weighted by Gasteiger charge is -2.16. The van der Waals surface area contributed by atoms with E-state index < -0.39 is 0 Å². The molecule has 0 saturated heterocycles. The first kappa shape index (κ1) is 9.82. The summed E-state index contributed by atoms with van der Waals surface area (Å²) in [7, 11) is 0. The third kappa shape index (κ3) is 1.19. The van der Waals surface area contributed by atoms with Gasteiger partial charge in [-0.2, -0.15) is 0 Å². The summed E-state index contributed by atoms with van der Waals surface area (Å²) in [4.78, 5) is 12.4. The third-order valence-corrected chi connectivity index (χ3v) is 3.67. The molecule has 0 aliphatic heterocycles. The molecule has 0 amide bonds. The molecule has 0 radical (unpaired) electrons. The number of benzene rings is 1. The number of aromatic nitrogens is 3. The molecule has 2 aromatic heterocycles. The summed E-state index contributed by atoms with van der Waals surface area (Å²) in [5.74, 6) is 0. The van der Waals surface area contributed by atoms with Crippen molar-refractivity contribution in [2.75, 3.05) is 0 Å². The topological polar surface area (TPSA) is 71.8 Å². The smallest absolute Gasteiger partial charge is 0.270 e. The van der Waals surface area contributed by atoms with Gasteiger partial charge in [-0.25, -0.2) is 0 Å². The number of fused-ring (bicyclic) bond motifs is 4. The first-order chi connectivity index (χ1) is 8.84. The molecule has 0 fully saturated rings. The van der Waals surface area contributed by atoms with Crippen molar-refractivity contribution >= 4 is 22.2 Å². The number of aromatic amines is 1. The van der Waals surface area contributed by atoms with Gasteiger partial charge in [-0.3, -0.25) is 9.89 Å². The van der Waals surface area contributed by atoms with Crippen molar-refractivity contribution in [3.63, 3.8) is 0 Å². The second-order valence-electron chi connectivity index (χ2n) is 4.71. The quantitative estimate of drug-likeness (QED) is 0.653. The highest BCUT2D eigenvalue weighted by atomic mass is 16.3. The highest BCUT2D eigenvalue weighted by Crippen LogP contribution is 2.28. The van der Waals surface area contributed by atoms with Gasteiger partial charge in [-0.15, -0.1) is 0 Å². The first-order valence-corrected chi connectivity index (χ1v) is 6.13. The SMILES string of the molecule is O=c1c2[nH]nnc2oc2ccc3c(c12)CCCC3. The molecule has 18 heavy (non-hydrogen) atoms. The van der Waals surface area contributed by atoms with Crippen LogP contribution in [0.2, 0.25) is 0 Å². The Morgan fingerprint density at radius 1 is 1.22 bits per heavy atom. The van der Waals surface area contributed by atoms with Crippen LogP contribution in [0.1, 0.15) is 24.0 Å². The fraction of sp³-hybridized carbons (Fsp3) is 0.308. The Hall–Kier alpha value is -2.17. The highest BCUT2D eigenvalue weighted by Gasteiger charge is 2.18. The van der Waals surface area contributed by atoms with Gasteiger partial charge < -0.3 is 4.42 Å². The van der Waals surface area contributed by atoms with Gasteiger partial charge >= 0.3 is 0 Å². The molecule has 0 atom stereocenters. The normalized spacial score (nSPS) is 15.1. The zero-order valence-electron chi connectivity index (χ0n) is 9.69. The number of hydrogen-bond acceptors (Lipinski definition) is 4. The van der Waals surface area contributed by atoms with E-state index in [0.717, 1.165) is 24.8 Å². The Morgan fingerprint density at radius 3 is 3.06 bits per heavy atom. The average Bonchev–Trinajstić information content (AvgIpc) is 2.87. The van der Waals surface area contributed by atoms with Crippen LogP contribution in [0.3, 0.4) is 0 Å². The molecule has 5 nitrogen and oxygen atoms in total. The molecule has 5 heteroatoms. The number of hydrogen-bond donors (Lipinski definition) is 1. The van der Waals surface area contributed by atoms with Crippen LogP contribution in [0.5, 0.6) is 0 Å². The van der Waals surface area contributed by atoms with Crippen molar-refractivity contribution in [1.82, 2.24) is 15.4 Å². The minimum atomic E-state index is -0.0463. The summed E-state index contributed by atoms with van der Waals surface area (Å²) in [6, 6.07) is 3.93. The van der Waals surface area contributed by atoms with Gasteiger partial charge in [-0.1, -0.05) is 16.4 Å². The van der Waals surface area contributed by atoms with E-state index in [1.165, 1.54) is 12.0 Å². The number of H-pyrrole nitrogens is 1. The Balaban J connectivity index is 2.23. The molecule has 1 aliphatic rings. The van der Waals surface area contributed by atoms with Crippen LogP contribution in [0.15, 0.2) is 21.3 Å². The standard InChI is InChI=1S/C13H11N3O2/c17-12-10-8-4-2-1-3-7(8)5-6-9(10)18-13-11(12)14-16-15-13/h5-6H,1-4H2,(H,14,15,16). The second-order valence-corrected chi connectivity index (χ2v) is 4.71. The van der Waals surface area contributed by atoms with Crippen LogP contribution >= 0.6 is 0 Å². The van der Waals surface area contributed by atoms with Crippen LogP contribution in [0, 0.1) is 0 Å². The molecule has 3 aromatic rings. The summed E-state index contributed by atoms with van der Waals surface area (Å²) < 4.78 is 5.63. The van der Waals surface area contributed by atoms with E-state index in [9.17, 15) is 4.79 Å². The fourth-order valence-electron chi connectivity index (χ4n) is 2.81. The molecule has 4 rings (SSSR count). The van der Waals surface area contributed by atoms with Gasteiger partial charge in [0.25, 0.3) is 5.71 Å². The monoisotopic (exact) mass is 241 g/mol. The molecular weight excluding hydrogens is 230 g/mol. The summed E-state index contributed by atoms with van der Waals surface area (Å²) >= 11 is 0. The van der Waals surface area contributed by atoms with Crippen molar-refractivity contribution in [2.24, 2.45) is 0 Å². The van der Waals surface area contributed by atoms with Crippen LogP contribution in [-0.2, 0) is 12.8 Å². The fourth-order valence-corrected chi connectivity index (χ4v) is 2.81. The van der Waals surface area contributed by atoms with Crippen molar-refractivity contribution in [2.45, 2.75) is 25.7 Å². The van der Waals surface area contributed by atoms with Gasteiger partial charge in [0, 0.05) is 0 Å². The molecule has 1 aliphatic carbocycles. The predicted molar refractivity (Wildman–Crippen MR) is 66.6 cm³/mol. The molecule has 0 unspecified atom stereocenters. The molecular formula is C13H11N3O2. The Morgan fingerprint density at radius 2 is 2.11 bits per heavy atom. The van der Waals surface area contributed by atoms with Gasteiger partial charge in [0.05, 0.1) is 5.39 Å². The number of nitrogens with one attached hydrogen (secondary N) is 1. The lowest BCUT2D eigenvalue weighted by atomic mass is 9.89. The van der Waals surface area contributed by atoms with Crippen molar-refractivity contribution in [3.05, 3.63) is 33.5 Å². The summed E-state index contributed by atoms with van der Waals surface area (Å²) in [6.45, 7) is 0. The molecule has 0 saturated carbocycles. The first-order valence-electron chi connectivity index (χ1n) is 6.13. The van der Waals surface area contributed by atoms with Crippen LogP contribution in [0.25, 0.3) is 22.2 Å². The predicted octanol–water partition coefficient (Wildman–Crippen LogP) is 1.94. The summed E-state index contributed by atoms with van der Waals surface area (Å²) in [5, 5.41) is 10.7. The molecule has 1 aromatic carbocycles. The van der Waals surface area contributed by atoms with Gasteiger partial charge in [-0.05, 0) is 42.9 Å². The van der Waals surface area contributed by atoms with E-state index in [4.69, 9.17) is 4.42 Å². The Bertz CT molecular complexity index is 816. The highest BCUT2D eigenvalue weighted by molar-refractivity contribution is 5.89. The maximum Gasteiger partial charge on any atom is 0.270 e. The zero-order valence-corrected chi connectivity index (χ0v) is 9.69.